The zero-order valence-electron chi connectivity index (χ0n) is 11.2. The van der Waals surface area contributed by atoms with Crippen LogP contribution in [0.2, 0.25) is 0 Å². The van der Waals surface area contributed by atoms with E-state index in [9.17, 15) is 0 Å². The van der Waals surface area contributed by atoms with E-state index in [-0.39, 0.29) is 0 Å². The Labute approximate surface area is 113 Å². The molecule has 1 N–H and O–H groups in total. The van der Waals surface area contributed by atoms with Crippen molar-refractivity contribution in [2.45, 2.75) is 33.1 Å². The van der Waals surface area contributed by atoms with Gasteiger partial charge in [-0.05, 0) is 19.1 Å². The molecule has 0 saturated carbocycles. The van der Waals surface area contributed by atoms with Crippen molar-refractivity contribution in [2.75, 3.05) is 11.9 Å². The summed E-state index contributed by atoms with van der Waals surface area (Å²) in [6, 6.07) is 8.50. The van der Waals surface area contributed by atoms with Crippen molar-refractivity contribution in [3.63, 3.8) is 0 Å². The Morgan fingerprint density at radius 1 is 1.22 bits per heavy atom. The molecule has 2 nitrogen and oxygen atoms in total. The second kappa shape index (κ2) is 6.01. The van der Waals surface area contributed by atoms with Crippen LogP contribution >= 0.6 is 11.3 Å². The van der Waals surface area contributed by atoms with Crippen LogP contribution in [0.5, 0.6) is 0 Å². The highest BCUT2D eigenvalue weighted by Crippen LogP contribution is 2.19. The minimum Gasteiger partial charge on any atom is -0.385 e. The van der Waals surface area contributed by atoms with Crippen LogP contribution in [0.3, 0.4) is 0 Å². The maximum Gasteiger partial charge on any atom is 0.0953 e. The van der Waals surface area contributed by atoms with Crippen LogP contribution in [0.1, 0.15) is 36.0 Å². The van der Waals surface area contributed by atoms with Crippen LogP contribution in [0.15, 0.2) is 29.6 Å². The largest absolute Gasteiger partial charge is 0.385 e. The molecular weight excluding hydrogens is 240 g/mol. The van der Waals surface area contributed by atoms with Crippen LogP contribution in [0.4, 0.5) is 5.69 Å². The van der Waals surface area contributed by atoms with Gasteiger partial charge in [0.05, 0.1) is 10.7 Å². The van der Waals surface area contributed by atoms with Crippen LogP contribution in [0, 0.1) is 6.92 Å². The first-order valence-electron chi connectivity index (χ1n) is 6.40. The van der Waals surface area contributed by atoms with Gasteiger partial charge >= 0.3 is 0 Å². The number of rotatable bonds is 5. The van der Waals surface area contributed by atoms with Crippen molar-refractivity contribution in [1.29, 1.82) is 0 Å². The molecule has 2 rings (SSSR count). The number of anilines is 1. The molecule has 1 aromatic carbocycles. The average molecular weight is 260 g/mol. The van der Waals surface area contributed by atoms with E-state index >= 15 is 0 Å². The first-order chi connectivity index (χ1) is 8.65. The number of thiazole rings is 1. The molecule has 1 heterocycles. The number of nitrogens with zero attached hydrogens (tertiary/aromatic N) is 1. The Kier molecular flexibility index (Phi) is 4.37. The first-order valence-corrected chi connectivity index (χ1v) is 7.28. The van der Waals surface area contributed by atoms with Gasteiger partial charge < -0.3 is 5.32 Å². The van der Waals surface area contributed by atoms with E-state index in [2.05, 4.69) is 60.7 Å². The second-order valence-corrected chi connectivity index (χ2v) is 5.76. The van der Waals surface area contributed by atoms with E-state index in [1.54, 1.807) is 11.3 Å². The van der Waals surface area contributed by atoms with Crippen molar-refractivity contribution in [1.82, 2.24) is 4.98 Å². The van der Waals surface area contributed by atoms with Crippen LogP contribution in [-0.2, 0) is 6.42 Å². The fourth-order valence-corrected chi connectivity index (χ4v) is 2.58. The first kappa shape index (κ1) is 13.1. The Balaban J connectivity index is 1.82. The monoisotopic (exact) mass is 260 g/mol. The second-order valence-electron chi connectivity index (χ2n) is 4.87. The van der Waals surface area contributed by atoms with E-state index < -0.39 is 0 Å². The summed E-state index contributed by atoms with van der Waals surface area (Å²) in [6.45, 7) is 7.41. The molecule has 2 aromatic rings. The molecule has 0 amide bonds. The molecule has 1 aromatic heterocycles. The minimum absolute atomic E-state index is 0.536. The van der Waals surface area contributed by atoms with E-state index in [0.29, 0.717) is 5.92 Å². The fraction of sp³-hybridized carbons (Fsp3) is 0.400. The van der Waals surface area contributed by atoms with Crippen molar-refractivity contribution >= 4 is 17.0 Å². The molecule has 0 fully saturated rings. The molecule has 0 bridgehead atoms. The zero-order chi connectivity index (χ0) is 13.0. The maximum atomic E-state index is 4.63. The third kappa shape index (κ3) is 3.57. The van der Waals surface area contributed by atoms with Gasteiger partial charge in [-0.1, -0.05) is 31.5 Å². The Bertz CT molecular complexity index is 485. The van der Waals surface area contributed by atoms with E-state index in [0.717, 1.165) is 13.0 Å². The van der Waals surface area contributed by atoms with Crippen LogP contribution in [-0.4, -0.2) is 11.5 Å². The number of aryl methyl sites for hydroxylation is 1. The smallest absolute Gasteiger partial charge is 0.0953 e. The predicted octanol–water partition coefficient (Wildman–Crippen LogP) is 4.23. The lowest BCUT2D eigenvalue weighted by Crippen LogP contribution is -2.05. The molecule has 18 heavy (non-hydrogen) atoms. The molecule has 0 saturated heterocycles. The molecule has 0 spiro atoms. The van der Waals surface area contributed by atoms with Gasteiger partial charge in [0.2, 0.25) is 0 Å². The van der Waals surface area contributed by atoms with Gasteiger partial charge in [-0.3, -0.25) is 0 Å². The van der Waals surface area contributed by atoms with E-state index in [1.165, 1.54) is 22.0 Å². The van der Waals surface area contributed by atoms with Gasteiger partial charge in [0, 0.05) is 30.0 Å². The fourth-order valence-electron chi connectivity index (χ4n) is 1.71. The lowest BCUT2D eigenvalue weighted by molar-refractivity contribution is 0.835. The van der Waals surface area contributed by atoms with Crippen molar-refractivity contribution in [3.05, 3.63) is 45.9 Å². The van der Waals surface area contributed by atoms with E-state index in [4.69, 9.17) is 0 Å². The Hall–Kier alpha value is -1.35. The van der Waals surface area contributed by atoms with Gasteiger partial charge in [-0.2, -0.15) is 0 Å². The van der Waals surface area contributed by atoms with Crippen LogP contribution in [0.25, 0.3) is 0 Å². The normalized spacial score (nSPS) is 10.9. The lowest BCUT2D eigenvalue weighted by atomic mass is 10.2. The maximum absolute atomic E-state index is 4.63. The predicted molar refractivity (Wildman–Crippen MR) is 79.6 cm³/mol. The highest BCUT2D eigenvalue weighted by atomic mass is 32.1. The van der Waals surface area contributed by atoms with Crippen LogP contribution < -0.4 is 5.32 Å². The summed E-state index contributed by atoms with van der Waals surface area (Å²) in [7, 11) is 0. The molecule has 0 radical (unpaired) electrons. The molecule has 0 aliphatic heterocycles. The lowest BCUT2D eigenvalue weighted by Gasteiger charge is -2.05. The van der Waals surface area contributed by atoms with Gasteiger partial charge in [-0.15, -0.1) is 11.3 Å². The van der Waals surface area contributed by atoms with Gasteiger partial charge in [0.1, 0.15) is 0 Å². The summed E-state index contributed by atoms with van der Waals surface area (Å²) in [5.74, 6) is 0.536. The molecule has 3 heteroatoms. The summed E-state index contributed by atoms with van der Waals surface area (Å²) in [5.41, 5.74) is 3.67. The Morgan fingerprint density at radius 3 is 2.56 bits per heavy atom. The minimum atomic E-state index is 0.536. The summed E-state index contributed by atoms with van der Waals surface area (Å²) in [4.78, 5) is 4.63. The Morgan fingerprint density at radius 2 is 1.94 bits per heavy atom. The summed E-state index contributed by atoms with van der Waals surface area (Å²) >= 11 is 1.77. The number of hydrogen-bond acceptors (Lipinski definition) is 3. The zero-order valence-corrected chi connectivity index (χ0v) is 12.1. The van der Waals surface area contributed by atoms with Gasteiger partial charge in [0.25, 0.3) is 0 Å². The molecule has 0 unspecified atom stereocenters. The third-order valence-electron chi connectivity index (χ3n) is 2.83. The topological polar surface area (TPSA) is 24.9 Å². The highest BCUT2D eigenvalue weighted by molar-refractivity contribution is 7.09. The molecule has 0 atom stereocenters. The van der Waals surface area contributed by atoms with E-state index in [1.807, 2.05) is 0 Å². The highest BCUT2D eigenvalue weighted by Gasteiger charge is 2.05. The number of hydrogen-bond donors (Lipinski definition) is 1. The average Bonchev–Trinajstić information content (AvgIpc) is 2.81. The van der Waals surface area contributed by atoms with Gasteiger partial charge in [0.15, 0.2) is 0 Å². The summed E-state index contributed by atoms with van der Waals surface area (Å²) in [5, 5.41) is 6.83. The number of benzene rings is 1. The number of nitrogens with one attached hydrogen (secondary N) is 1. The molecular formula is C15H20N2S. The third-order valence-corrected chi connectivity index (χ3v) is 4.02. The summed E-state index contributed by atoms with van der Waals surface area (Å²) < 4.78 is 0. The van der Waals surface area contributed by atoms with Crippen molar-refractivity contribution in [2.24, 2.45) is 0 Å². The van der Waals surface area contributed by atoms with Crippen molar-refractivity contribution in [3.8, 4) is 0 Å². The van der Waals surface area contributed by atoms with Crippen molar-refractivity contribution < 1.29 is 0 Å². The number of aromatic nitrogens is 1. The molecule has 0 aliphatic rings. The SMILES string of the molecule is Cc1ccc(NCCc2csc(C(C)C)n2)cc1. The van der Waals surface area contributed by atoms with Gasteiger partial charge in [-0.25, -0.2) is 4.98 Å². The standard InChI is InChI=1S/C15H20N2S/c1-11(2)15-17-14(10-18-15)8-9-16-13-6-4-12(3)5-7-13/h4-7,10-11,16H,8-9H2,1-3H3. The summed E-state index contributed by atoms with van der Waals surface area (Å²) in [6.07, 6.45) is 0.983. The molecule has 96 valence electrons. The molecule has 0 aliphatic carbocycles. The quantitative estimate of drug-likeness (QED) is 0.870.